The Labute approximate surface area is 117 Å². The first-order valence-electron chi connectivity index (χ1n) is 4.95. The zero-order valence-corrected chi connectivity index (χ0v) is 12.2. The van der Waals surface area contributed by atoms with Crippen molar-refractivity contribution in [2.24, 2.45) is 5.73 Å². The maximum absolute atomic E-state index is 13.3. The molecule has 0 saturated carbocycles. The summed E-state index contributed by atoms with van der Waals surface area (Å²) in [6.45, 7) is 1.70. The lowest BCUT2D eigenvalue weighted by molar-refractivity contribution is 0.617. The molecule has 2 rings (SSSR count). The number of rotatable bonds is 2. The Morgan fingerprint density at radius 1 is 1.41 bits per heavy atom. The first kappa shape index (κ1) is 13.0. The lowest BCUT2D eigenvalue weighted by atomic mass is 10.0. The van der Waals surface area contributed by atoms with E-state index in [1.165, 1.54) is 6.07 Å². The van der Waals surface area contributed by atoms with Gasteiger partial charge in [-0.15, -0.1) is 11.3 Å². The summed E-state index contributed by atoms with van der Waals surface area (Å²) >= 11 is 11.0. The normalized spacial score (nSPS) is 12.8. The van der Waals surface area contributed by atoms with Crippen LogP contribution in [0.5, 0.6) is 0 Å². The van der Waals surface area contributed by atoms with Crippen LogP contribution in [0, 0.1) is 12.7 Å². The zero-order valence-electron chi connectivity index (χ0n) is 9.01. The second kappa shape index (κ2) is 5.06. The van der Waals surface area contributed by atoms with Crippen LogP contribution in [0.25, 0.3) is 0 Å². The van der Waals surface area contributed by atoms with Crippen LogP contribution in [-0.2, 0) is 0 Å². The first-order valence-corrected chi connectivity index (χ1v) is 6.94. The summed E-state index contributed by atoms with van der Waals surface area (Å²) in [7, 11) is 0. The van der Waals surface area contributed by atoms with E-state index in [2.05, 4.69) is 15.9 Å². The van der Waals surface area contributed by atoms with E-state index in [1.807, 2.05) is 12.1 Å². The third-order valence-electron chi connectivity index (χ3n) is 2.51. The van der Waals surface area contributed by atoms with Crippen LogP contribution >= 0.6 is 38.9 Å². The number of nitrogens with two attached hydrogens (primary N) is 1. The van der Waals surface area contributed by atoms with Crippen molar-refractivity contribution in [3.8, 4) is 0 Å². The average molecular weight is 335 g/mol. The van der Waals surface area contributed by atoms with E-state index in [0.717, 1.165) is 14.2 Å². The van der Waals surface area contributed by atoms with Gasteiger partial charge in [-0.25, -0.2) is 4.39 Å². The standard InChI is InChI=1S/C12H10BrClFNS/c1-6-4-7(8(14)5-9(6)15)12(16)10-2-3-11(13)17-10/h2-5,12H,16H2,1H3. The highest BCUT2D eigenvalue weighted by Gasteiger charge is 2.16. The smallest absolute Gasteiger partial charge is 0.127 e. The number of aryl methyl sites for hydroxylation is 1. The van der Waals surface area contributed by atoms with Crippen LogP contribution < -0.4 is 5.73 Å². The molecule has 0 aliphatic heterocycles. The molecule has 0 spiro atoms. The fourth-order valence-electron chi connectivity index (χ4n) is 1.57. The van der Waals surface area contributed by atoms with Gasteiger partial charge in [0.05, 0.1) is 9.83 Å². The van der Waals surface area contributed by atoms with Gasteiger partial charge < -0.3 is 5.73 Å². The van der Waals surface area contributed by atoms with Crippen LogP contribution in [0.15, 0.2) is 28.1 Å². The summed E-state index contributed by atoms with van der Waals surface area (Å²) in [4.78, 5) is 0.991. The second-order valence-electron chi connectivity index (χ2n) is 3.74. The van der Waals surface area contributed by atoms with Crippen molar-refractivity contribution in [3.63, 3.8) is 0 Å². The Morgan fingerprint density at radius 2 is 2.12 bits per heavy atom. The highest BCUT2D eigenvalue weighted by Crippen LogP contribution is 2.33. The summed E-state index contributed by atoms with van der Waals surface area (Å²) in [6.07, 6.45) is 0. The van der Waals surface area contributed by atoms with Gasteiger partial charge in [0.1, 0.15) is 5.82 Å². The van der Waals surface area contributed by atoms with Gasteiger partial charge in [0.25, 0.3) is 0 Å². The molecule has 0 bridgehead atoms. The molecule has 1 aromatic heterocycles. The van der Waals surface area contributed by atoms with E-state index in [4.69, 9.17) is 17.3 Å². The molecule has 5 heteroatoms. The van der Waals surface area contributed by atoms with Gasteiger partial charge in [0.2, 0.25) is 0 Å². The third kappa shape index (κ3) is 2.71. The van der Waals surface area contributed by atoms with E-state index in [1.54, 1.807) is 24.3 Å². The second-order valence-corrected chi connectivity index (χ2v) is 6.64. The van der Waals surface area contributed by atoms with E-state index in [0.29, 0.717) is 10.6 Å². The summed E-state index contributed by atoms with van der Waals surface area (Å²) < 4.78 is 14.3. The summed E-state index contributed by atoms with van der Waals surface area (Å²) in [5, 5.41) is 0.366. The molecule has 1 atom stereocenters. The van der Waals surface area contributed by atoms with Crippen molar-refractivity contribution < 1.29 is 4.39 Å². The van der Waals surface area contributed by atoms with Gasteiger partial charge in [-0.05, 0) is 58.2 Å². The lowest BCUT2D eigenvalue weighted by Crippen LogP contribution is -2.11. The molecule has 0 fully saturated rings. The molecule has 1 nitrogen and oxygen atoms in total. The molecule has 1 unspecified atom stereocenters. The Kier molecular flexibility index (Phi) is 3.88. The maximum Gasteiger partial charge on any atom is 0.127 e. The predicted molar refractivity (Wildman–Crippen MR) is 74.2 cm³/mol. The molecule has 0 aliphatic carbocycles. The molecule has 2 aromatic rings. The number of hydrogen-bond acceptors (Lipinski definition) is 2. The molecule has 1 heterocycles. The highest BCUT2D eigenvalue weighted by molar-refractivity contribution is 9.11. The van der Waals surface area contributed by atoms with Gasteiger partial charge >= 0.3 is 0 Å². The first-order chi connectivity index (χ1) is 7.99. The van der Waals surface area contributed by atoms with Crippen molar-refractivity contribution in [2.75, 3.05) is 0 Å². The molecule has 0 radical (unpaired) electrons. The van der Waals surface area contributed by atoms with Crippen molar-refractivity contribution in [3.05, 3.63) is 54.9 Å². The number of benzene rings is 1. The Bertz CT molecular complexity index is 555. The topological polar surface area (TPSA) is 26.0 Å². The lowest BCUT2D eigenvalue weighted by Gasteiger charge is -2.13. The molecule has 1 aromatic carbocycles. The van der Waals surface area contributed by atoms with Crippen LogP contribution in [0.2, 0.25) is 5.02 Å². The minimum absolute atomic E-state index is 0.307. The average Bonchev–Trinajstić information content (AvgIpc) is 2.69. The SMILES string of the molecule is Cc1cc(C(N)c2ccc(Br)s2)c(Cl)cc1F. The van der Waals surface area contributed by atoms with Crippen molar-refractivity contribution in [1.82, 2.24) is 0 Å². The van der Waals surface area contributed by atoms with Gasteiger partial charge in [0.15, 0.2) is 0 Å². The Hall–Kier alpha value is -0.420. The molecule has 90 valence electrons. The van der Waals surface area contributed by atoms with Crippen LogP contribution in [-0.4, -0.2) is 0 Å². The number of thiophene rings is 1. The van der Waals surface area contributed by atoms with E-state index in [9.17, 15) is 4.39 Å². The molecular weight excluding hydrogens is 325 g/mol. The molecule has 2 N–H and O–H groups in total. The fourth-order valence-corrected chi connectivity index (χ4v) is 3.28. The predicted octanol–water partition coefficient (Wildman–Crippen LogP) is 4.66. The molecule has 0 amide bonds. The van der Waals surface area contributed by atoms with Gasteiger partial charge in [0, 0.05) is 9.90 Å². The van der Waals surface area contributed by atoms with Crippen LogP contribution in [0.3, 0.4) is 0 Å². The van der Waals surface area contributed by atoms with Crippen LogP contribution in [0.4, 0.5) is 4.39 Å². The minimum Gasteiger partial charge on any atom is -0.320 e. The largest absolute Gasteiger partial charge is 0.320 e. The maximum atomic E-state index is 13.3. The Morgan fingerprint density at radius 3 is 2.71 bits per heavy atom. The van der Waals surface area contributed by atoms with Gasteiger partial charge in [-0.1, -0.05) is 11.6 Å². The number of halogens is 3. The van der Waals surface area contributed by atoms with E-state index >= 15 is 0 Å². The monoisotopic (exact) mass is 333 g/mol. The Balaban J connectivity index is 2.43. The zero-order chi connectivity index (χ0) is 12.6. The van der Waals surface area contributed by atoms with E-state index in [-0.39, 0.29) is 11.9 Å². The molecule has 17 heavy (non-hydrogen) atoms. The number of hydrogen-bond donors (Lipinski definition) is 1. The van der Waals surface area contributed by atoms with Gasteiger partial charge in [-0.3, -0.25) is 0 Å². The molecule has 0 aliphatic rings. The fraction of sp³-hybridized carbons (Fsp3) is 0.167. The van der Waals surface area contributed by atoms with Gasteiger partial charge in [-0.2, -0.15) is 0 Å². The summed E-state index contributed by atoms with van der Waals surface area (Å²) in [5.41, 5.74) is 7.43. The van der Waals surface area contributed by atoms with E-state index < -0.39 is 0 Å². The van der Waals surface area contributed by atoms with Crippen molar-refractivity contribution in [2.45, 2.75) is 13.0 Å². The minimum atomic E-state index is -0.321. The van der Waals surface area contributed by atoms with Crippen molar-refractivity contribution in [1.29, 1.82) is 0 Å². The molecule has 0 saturated heterocycles. The summed E-state index contributed by atoms with van der Waals surface area (Å²) in [5.74, 6) is -0.307. The third-order valence-corrected chi connectivity index (χ3v) is 4.55. The summed E-state index contributed by atoms with van der Waals surface area (Å²) in [6, 6.07) is 6.57. The molecular formula is C12H10BrClFNS. The van der Waals surface area contributed by atoms with Crippen LogP contribution in [0.1, 0.15) is 22.0 Å². The van der Waals surface area contributed by atoms with Crippen molar-refractivity contribution >= 4 is 38.9 Å². The highest BCUT2D eigenvalue weighted by atomic mass is 79.9. The quantitative estimate of drug-likeness (QED) is 0.849.